The zero-order valence-corrected chi connectivity index (χ0v) is 18.7. The van der Waals surface area contributed by atoms with Crippen molar-refractivity contribution in [3.8, 4) is 0 Å². The maximum absolute atomic E-state index is 13.0. The number of nitrogens with one attached hydrogen (secondary N) is 1. The molecule has 1 aliphatic rings. The quantitative estimate of drug-likeness (QED) is 0.583. The number of fused-ring (bicyclic) bond motifs is 1. The number of nitrogens with zero attached hydrogens (tertiary/aromatic N) is 3. The summed E-state index contributed by atoms with van der Waals surface area (Å²) in [7, 11) is -2.38. The SMILES string of the molecule is C=S(C)(=O)N1Cc2c(Cl)cccc2N(Cc2cnc[nH]2)C(CCc2ccccc2)C1. The van der Waals surface area contributed by atoms with Crippen molar-refractivity contribution in [3.63, 3.8) is 0 Å². The molecule has 7 heteroatoms. The van der Waals surface area contributed by atoms with Gasteiger partial charge in [0.05, 0.1) is 18.6 Å². The van der Waals surface area contributed by atoms with Gasteiger partial charge in [-0.25, -0.2) is 9.29 Å². The predicted octanol–water partition coefficient (Wildman–Crippen LogP) is 4.15. The monoisotopic (exact) mass is 442 g/mol. The largest absolute Gasteiger partial charge is 0.361 e. The van der Waals surface area contributed by atoms with Crippen LogP contribution in [-0.4, -0.2) is 43.2 Å². The summed E-state index contributed by atoms with van der Waals surface area (Å²) in [6, 6.07) is 16.6. The Morgan fingerprint density at radius 3 is 2.73 bits per heavy atom. The molecule has 4 rings (SSSR count). The van der Waals surface area contributed by atoms with Gasteiger partial charge in [-0.1, -0.05) is 48.0 Å². The number of imidazole rings is 1. The third kappa shape index (κ3) is 4.72. The van der Waals surface area contributed by atoms with E-state index >= 15 is 0 Å². The minimum Gasteiger partial charge on any atom is -0.361 e. The van der Waals surface area contributed by atoms with Crippen molar-refractivity contribution < 1.29 is 4.21 Å². The minimum atomic E-state index is -2.38. The first kappa shape index (κ1) is 21.0. The van der Waals surface area contributed by atoms with Gasteiger partial charge in [-0.05, 0) is 36.4 Å². The van der Waals surface area contributed by atoms with Gasteiger partial charge in [0, 0.05) is 57.6 Å². The highest BCUT2D eigenvalue weighted by Crippen LogP contribution is 2.35. The lowest BCUT2D eigenvalue weighted by Gasteiger charge is -2.34. The first-order chi connectivity index (χ1) is 14.4. The van der Waals surface area contributed by atoms with Crippen LogP contribution in [0.3, 0.4) is 0 Å². The van der Waals surface area contributed by atoms with E-state index < -0.39 is 9.71 Å². The molecule has 0 amide bonds. The Balaban J connectivity index is 1.73. The fourth-order valence-electron chi connectivity index (χ4n) is 4.03. The minimum absolute atomic E-state index is 0.149. The number of anilines is 1. The number of aryl methyl sites for hydroxylation is 1. The fourth-order valence-corrected chi connectivity index (χ4v) is 5.15. The van der Waals surface area contributed by atoms with Gasteiger partial charge < -0.3 is 9.88 Å². The smallest absolute Gasteiger partial charge is 0.0922 e. The van der Waals surface area contributed by atoms with Crippen LogP contribution >= 0.6 is 11.6 Å². The molecule has 0 radical (unpaired) electrons. The summed E-state index contributed by atoms with van der Waals surface area (Å²) in [6.45, 7) is 1.86. The van der Waals surface area contributed by atoms with Crippen LogP contribution in [0.5, 0.6) is 0 Å². The zero-order chi connectivity index (χ0) is 21.1. The zero-order valence-electron chi connectivity index (χ0n) is 17.1. The van der Waals surface area contributed by atoms with Crippen molar-refractivity contribution in [2.24, 2.45) is 0 Å². The van der Waals surface area contributed by atoms with E-state index in [1.807, 2.05) is 28.7 Å². The second-order valence-corrected chi connectivity index (χ2v) is 10.7. The molecule has 1 N–H and O–H groups in total. The molecule has 158 valence electrons. The number of hydrogen-bond donors (Lipinski definition) is 1. The molecule has 0 fully saturated rings. The van der Waals surface area contributed by atoms with Crippen LogP contribution in [0.4, 0.5) is 5.69 Å². The third-order valence-corrected chi connectivity index (χ3v) is 7.37. The number of aromatic amines is 1. The topological polar surface area (TPSA) is 52.2 Å². The average molecular weight is 443 g/mol. The molecule has 1 aromatic heterocycles. The molecule has 0 saturated heterocycles. The maximum atomic E-state index is 13.0. The molecule has 0 aliphatic carbocycles. The van der Waals surface area contributed by atoms with Gasteiger partial charge in [0.2, 0.25) is 0 Å². The highest BCUT2D eigenvalue weighted by Gasteiger charge is 2.31. The van der Waals surface area contributed by atoms with Gasteiger partial charge in [0.1, 0.15) is 0 Å². The molecule has 2 atom stereocenters. The molecule has 0 spiro atoms. The molecule has 0 saturated carbocycles. The lowest BCUT2D eigenvalue weighted by molar-refractivity contribution is 0.391. The molecule has 2 unspecified atom stereocenters. The summed E-state index contributed by atoms with van der Waals surface area (Å²) in [5, 5.41) is 0.694. The lowest BCUT2D eigenvalue weighted by Crippen LogP contribution is -2.43. The maximum Gasteiger partial charge on any atom is 0.0922 e. The van der Waals surface area contributed by atoms with Crippen LogP contribution in [0.2, 0.25) is 5.02 Å². The van der Waals surface area contributed by atoms with Crippen LogP contribution in [0.15, 0.2) is 61.1 Å². The van der Waals surface area contributed by atoms with Crippen LogP contribution in [0, 0.1) is 0 Å². The highest BCUT2D eigenvalue weighted by molar-refractivity contribution is 7.97. The number of halogens is 1. The molecule has 0 bridgehead atoms. The average Bonchev–Trinajstić information content (AvgIpc) is 3.17. The number of rotatable bonds is 6. The van der Waals surface area contributed by atoms with E-state index in [1.54, 1.807) is 12.6 Å². The van der Waals surface area contributed by atoms with Crippen LogP contribution in [-0.2, 0) is 29.2 Å². The summed E-state index contributed by atoms with van der Waals surface area (Å²) in [5.74, 6) is 3.97. The second kappa shape index (κ2) is 8.84. The van der Waals surface area contributed by atoms with Crippen molar-refractivity contribution in [2.45, 2.75) is 32.0 Å². The molecule has 30 heavy (non-hydrogen) atoms. The van der Waals surface area contributed by atoms with E-state index in [-0.39, 0.29) is 6.04 Å². The van der Waals surface area contributed by atoms with E-state index in [0.29, 0.717) is 24.7 Å². The van der Waals surface area contributed by atoms with Crippen LogP contribution < -0.4 is 4.90 Å². The van der Waals surface area contributed by atoms with E-state index in [1.165, 1.54) is 5.56 Å². The predicted molar refractivity (Wildman–Crippen MR) is 126 cm³/mol. The number of H-pyrrole nitrogens is 1. The summed E-state index contributed by atoms with van der Waals surface area (Å²) >= 11 is 6.61. The molecule has 1 aliphatic heterocycles. The van der Waals surface area contributed by atoms with Gasteiger partial charge in [-0.15, -0.1) is 0 Å². The third-order valence-electron chi connectivity index (χ3n) is 5.64. The van der Waals surface area contributed by atoms with Gasteiger partial charge in [-0.3, -0.25) is 4.21 Å². The second-order valence-electron chi connectivity index (χ2n) is 7.90. The Labute approximate surface area is 183 Å². The summed E-state index contributed by atoms with van der Waals surface area (Å²) in [6.07, 6.45) is 7.13. The summed E-state index contributed by atoms with van der Waals surface area (Å²) < 4.78 is 15.0. The van der Waals surface area contributed by atoms with E-state index in [2.05, 4.69) is 51.1 Å². The number of benzene rings is 2. The number of aromatic nitrogens is 2. The Hall–Kier alpha value is -2.28. The van der Waals surface area contributed by atoms with Gasteiger partial charge in [-0.2, -0.15) is 0 Å². The van der Waals surface area contributed by atoms with E-state index in [9.17, 15) is 4.21 Å². The number of hydrogen-bond acceptors (Lipinski definition) is 3. The molecule has 3 aromatic rings. The van der Waals surface area contributed by atoms with Crippen molar-refractivity contribution in [1.82, 2.24) is 14.3 Å². The molecular formula is C23H27ClN4OS. The highest BCUT2D eigenvalue weighted by atomic mass is 35.5. The van der Waals surface area contributed by atoms with Gasteiger partial charge in [0.25, 0.3) is 0 Å². The molecular weight excluding hydrogens is 416 g/mol. The Bertz CT molecular complexity index is 1080. The fraction of sp³-hybridized carbons (Fsp3) is 0.304. The van der Waals surface area contributed by atoms with Gasteiger partial charge >= 0.3 is 0 Å². The Morgan fingerprint density at radius 2 is 2.03 bits per heavy atom. The van der Waals surface area contributed by atoms with Crippen LogP contribution in [0.25, 0.3) is 0 Å². The molecule has 2 heterocycles. The van der Waals surface area contributed by atoms with E-state index in [0.717, 1.165) is 29.8 Å². The molecule has 2 aromatic carbocycles. The van der Waals surface area contributed by atoms with Crippen molar-refractivity contribution in [2.75, 3.05) is 17.7 Å². The first-order valence-electron chi connectivity index (χ1n) is 10.0. The van der Waals surface area contributed by atoms with Crippen LogP contribution in [0.1, 0.15) is 23.2 Å². The Morgan fingerprint density at radius 1 is 1.23 bits per heavy atom. The first-order valence-corrected chi connectivity index (χ1v) is 12.5. The van der Waals surface area contributed by atoms with Crippen molar-refractivity contribution in [1.29, 1.82) is 0 Å². The summed E-state index contributed by atoms with van der Waals surface area (Å²) in [5.41, 5.74) is 4.42. The Kier molecular flexibility index (Phi) is 6.18. The van der Waals surface area contributed by atoms with Gasteiger partial charge in [0.15, 0.2) is 0 Å². The van der Waals surface area contributed by atoms with Crippen molar-refractivity contribution >= 4 is 32.9 Å². The molecule has 5 nitrogen and oxygen atoms in total. The van der Waals surface area contributed by atoms with Crippen molar-refractivity contribution in [3.05, 3.63) is 82.9 Å². The lowest BCUT2D eigenvalue weighted by atomic mass is 10.0. The normalized spacial score (nSPS) is 19.1. The summed E-state index contributed by atoms with van der Waals surface area (Å²) in [4.78, 5) is 9.78. The van der Waals surface area contributed by atoms with E-state index in [4.69, 9.17) is 11.6 Å². The standard InChI is InChI=1S/C23H27ClN4OS/c1-30(2,29)27-15-20(12-11-18-7-4-3-5-8-18)28(14-19-13-25-17-26-19)23-10-6-9-22(24)21(23)16-27/h3-10,13,17,20H,1,11-12,14-16H2,2H3,(H,25,26).